The summed E-state index contributed by atoms with van der Waals surface area (Å²) in [5.41, 5.74) is 7.23. The maximum absolute atomic E-state index is 13.0. The van der Waals surface area contributed by atoms with Crippen molar-refractivity contribution in [1.82, 2.24) is 0 Å². The van der Waals surface area contributed by atoms with E-state index in [0.717, 1.165) is 0 Å². The maximum Gasteiger partial charge on any atom is 0.240 e. The molecular formula is C14H16FN3O2S. The van der Waals surface area contributed by atoms with Gasteiger partial charge in [-0.1, -0.05) is 6.07 Å². The number of rotatable bonds is 4. The number of hydrogen-bond acceptors (Lipinski definition) is 4. The molecule has 0 radical (unpaired) electrons. The van der Waals surface area contributed by atoms with E-state index < -0.39 is 10.0 Å². The number of nitrogens with zero attached hydrogens (tertiary/aromatic N) is 1. The Hall–Kier alpha value is -2.12. The molecule has 0 atom stereocenters. The molecule has 0 heterocycles. The van der Waals surface area contributed by atoms with Crippen molar-refractivity contribution in [3.63, 3.8) is 0 Å². The summed E-state index contributed by atoms with van der Waals surface area (Å²) in [6.07, 6.45) is 0. The Kier molecular flexibility index (Phi) is 4.15. The molecule has 2 aromatic carbocycles. The van der Waals surface area contributed by atoms with Crippen LogP contribution in [0.2, 0.25) is 0 Å². The third-order valence-electron chi connectivity index (χ3n) is 3.09. The van der Waals surface area contributed by atoms with Gasteiger partial charge in [0.2, 0.25) is 10.0 Å². The second-order valence-electron chi connectivity index (χ2n) is 4.45. The van der Waals surface area contributed by atoms with Crippen molar-refractivity contribution < 1.29 is 12.8 Å². The molecule has 0 aliphatic heterocycles. The van der Waals surface area contributed by atoms with Crippen LogP contribution in [0.25, 0.3) is 0 Å². The topological polar surface area (TPSA) is 89.4 Å². The minimum absolute atomic E-state index is 0.0752. The lowest BCUT2D eigenvalue weighted by atomic mass is 10.2. The summed E-state index contributed by atoms with van der Waals surface area (Å²) in [4.78, 5) is 1.66. The Labute approximate surface area is 123 Å². The summed E-state index contributed by atoms with van der Waals surface area (Å²) in [7, 11) is -3.90. The molecule has 0 saturated heterocycles. The first-order chi connectivity index (χ1) is 9.84. The van der Waals surface area contributed by atoms with Gasteiger partial charge in [0.25, 0.3) is 0 Å². The molecular weight excluding hydrogens is 293 g/mol. The summed E-state index contributed by atoms with van der Waals surface area (Å²) in [6.45, 7) is 2.41. The van der Waals surface area contributed by atoms with E-state index in [2.05, 4.69) is 0 Å². The number of halogens is 1. The Bertz CT molecular complexity index is 745. The van der Waals surface area contributed by atoms with Gasteiger partial charge < -0.3 is 10.6 Å². The number of primary sulfonamides is 1. The first-order valence-corrected chi connectivity index (χ1v) is 7.83. The second-order valence-corrected chi connectivity index (χ2v) is 5.98. The molecule has 0 fully saturated rings. The van der Waals surface area contributed by atoms with Crippen molar-refractivity contribution in [2.24, 2.45) is 5.14 Å². The number of hydrogen-bond donors (Lipinski definition) is 2. The third kappa shape index (κ3) is 3.14. The first-order valence-electron chi connectivity index (χ1n) is 6.29. The van der Waals surface area contributed by atoms with E-state index in [-0.39, 0.29) is 16.4 Å². The van der Waals surface area contributed by atoms with Gasteiger partial charge in [0.05, 0.1) is 11.4 Å². The van der Waals surface area contributed by atoms with Gasteiger partial charge in [0.1, 0.15) is 10.7 Å². The van der Waals surface area contributed by atoms with Crippen molar-refractivity contribution >= 4 is 27.1 Å². The van der Waals surface area contributed by atoms with E-state index in [4.69, 9.17) is 10.9 Å². The molecule has 0 saturated carbocycles. The lowest BCUT2D eigenvalue weighted by Gasteiger charge is -2.25. The molecule has 0 spiro atoms. The number of benzene rings is 2. The molecule has 2 rings (SSSR count). The van der Waals surface area contributed by atoms with Crippen LogP contribution in [-0.4, -0.2) is 15.0 Å². The Balaban J connectivity index is 2.56. The van der Waals surface area contributed by atoms with E-state index in [1.54, 1.807) is 29.2 Å². The van der Waals surface area contributed by atoms with Crippen LogP contribution in [-0.2, 0) is 10.0 Å². The molecule has 5 nitrogen and oxygen atoms in total. The fourth-order valence-electron chi connectivity index (χ4n) is 2.13. The molecule has 2 aromatic rings. The molecule has 0 aliphatic carbocycles. The predicted octanol–water partition coefficient (Wildman–Crippen LogP) is 2.21. The van der Waals surface area contributed by atoms with Crippen molar-refractivity contribution in [1.29, 1.82) is 0 Å². The quantitative estimate of drug-likeness (QED) is 0.847. The SMILES string of the molecule is CCN(c1ccc(F)cc1)c1cccc(S(N)(=O)=O)c1N. The van der Waals surface area contributed by atoms with E-state index in [9.17, 15) is 12.8 Å². The van der Waals surface area contributed by atoms with Crippen molar-refractivity contribution in [3.8, 4) is 0 Å². The van der Waals surface area contributed by atoms with Crippen molar-refractivity contribution in [2.45, 2.75) is 11.8 Å². The maximum atomic E-state index is 13.0. The minimum Gasteiger partial charge on any atom is -0.396 e. The van der Waals surface area contributed by atoms with Gasteiger partial charge in [0, 0.05) is 12.2 Å². The average Bonchev–Trinajstić information content (AvgIpc) is 2.42. The number of nitrogens with two attached hydrogens (primary N) is 2. The Morgan fingerprint density at radius 1 is 1.14 bits per heavy atom. The van der Waals surface area contributed by atoms with Crippen LogP contribution in [0, 0.1) is 5.82 Å². The minimum atomic E-state index is -3.90. The van der Waals surface area contributed by atoms with Crippen molar-refractivity contribution in [2.75, 3.05) is 17.2 Å². The molecule has 112 valence electrons. The monoisotopic (exact) mass is 309 g/mol. The van der Waals surface area contributed by atoms with E-state index in [1.165, 1.54) is 18.2 Å². The predicted molar refractivity (Wildman–Crippen MR) is 81.3 cm³/mol. The lowest BCUT2D eigenvalue weighted by Crippen LogP contribution is -2.20. The zero-order chi connectivity index (χ0) is 15.6. The highest BCUT2D eigenvalue weighted by molar-refractivity contribution is 7.89. The molecule has 0 unspecified atom stereocenters. The van der Waals surface area contributed by atoms with Crippen LogP contribution < -0.4 is 15.8 Å². The normalized spacial score (nSPS) is 11.4. The van der Waals surface area contributed by atoms with E-state index >= 15 is 0 Å². The zero-order valence-corrected chi connectivity index (χ0v) is 12.3. The summed E-state index contributed by atoms with van der Waals surface area (Å²) in [5, 5.41) is 5.15. The van der Waals surface area contributed by atoms with E-state index in [0.29, 0.717) is 17.9 Å². The van der Waals surface area contributed by atoms with Crippen LogP contribution >= 0.6 is 0 Å². The zero-order valence-electron chi connectivity index (χ0n) is 11.5. The number of para-hydroxylation sites is 1. The van der Waals surface area contributed by atoms with Gasteiger partial charge >= 0.3 is 0 Å². The highest BCUT2D eigenvalue weighted by Crippen LogP contribution is 2.33. The van der Waals surface area contributed by atoms with Crippen molar-refractivity contribution in [3.05, 3.63) is 48.3 Å². The van der Waals surface area contributed by atoms with Crippen LogP contribution in [0.15, 0.2) is 47.4 Å². The molecule has 7 heteroatoms. The van der Waals surface area contributed by atoms with Gasteiger partial charge in [-0.2, -0.15) is 0 Å². The fourth-order valence-corrected chi connectivity index (χ4v) is 2.81. The summed E-state index contributed by atoms with van der Waals surface area (Å²) in [5.74, 6) is -0.346. The first kappa shape index (κ1) is 15.3. The molecule has 0 aromatic heterocycles. The standard InChI is InChI=1S/C14H16FN3O2S/c1-2-18(11-8-6-10(15)7-9-11)12-4-3-5-13(14(12)16)21(17,19)20/h3-9H,2,16H2,1H3,(H2,17,19,20). The highest BCUT2D eigenvalue weighted by Gasteiger charge is 2.18. The number of sulfonamides is 1. The largest absolute Gasteiger partial charge is 0.396 e. The molecule has 4 N–H and O–H groups in total. The Morgan fingerprint density at radius 2 is 1.76 bits per heavy atom. The number of anilines is 3. The van der Waals surface area contributed by atoms with Gasteiger partial charge in [0.15, 0.2) is 0 Å². The van der Waals surface area contributed by atoms with Gasteiger partial charge in [-0.25, -0.2) is 17.9 Å². The summed E-state index contributed by atoms with van der Waals surface area (Å²) < 4.78 is 36.1. The van der Waals surface area contributed by atoms with Crippen LogP contribution in [0.3, 0.4) is 0 Å². The number of nitrogen functional groups attached to an aromatic ring is 1. The highest BCUT2D eigenvalue weighted by atomic mass is 32.2. The lowest BCUT2D eigenvalue weighted by molar-refractivity contribution is 0.598. The fraction of sp³-hybridized carbons (Fsp3) is 0.143. The molecule has 0 amide bonds. The molecule has 21 heavy (non-hydrogen) atoms. The average molecular weight is 309 g/mol. The van der Waals surface area contributed by atoms with Crippen LogP contribution in [0.4, 0.5) is 21.5 Å². The van der Waals surface area contributed by atoms with Gasteiger partial charge in [-0.05, 0) is 43.3 Å². The molecule has 0 aliphatic rings. The van der Waals surface area contributed by atoms with Gasteiger partial charge in [-0.15, -0.1) is 0 Å². The summed E-state index contributed by atoms with van der Waals surface area (Å²) >= 11 is 0. The van der Waals surface area contributed by atoms with Crippen LogP contribution in [0.1, 0.15) is 6.92 Å². The smallest absolute Gasteiger partial charge is 0.240 e. The summed E-state index contributed by atoms with van der Waals surface area (Å²) in [6, 6.07) is 10.5. The second kappa shape index (κ2) is 5.71. The third-order valence-corrected chi connectivity index (χ3v) is 4.06. The van der Waals surface area contributed by atoms with E-state index in [1.807, 2.05) is 6.92 Å². The molecule has 0 bridgehead atoms. The Morgan fingerprint density at radius 3 is 2.29 bits per heavy atom. The van der Waals surface area contributed by atoms with Crippen LogP contribution in [0.5, 0.6) is 0 Å². The van der Waals surface area contributed by atoms with Gasteiger partial charge in [-0.3, -0.25) is 0 Å².